The van der Waals surface area contributed by atoms with Gasteiger partial charge in [0, 0.05) is 19.3 Å². The van der Waals surface area contributed by atoms with Gasteiger partial charge in [-0.05, 0) is 25.7 Å². The van der Waals surface area contributed by atoms with Crippen LogP contribution in [0.25, 0.3) is 0 Å². The van der Waals surface area contributed by atoms with Crippen molar-refractivity contribution in [2.24, 2.45) is 0 Å². The first kappa shape index (κ1) is 52.1. The van der Waals surface area contributed by atoms with Crippen molar-refractivity contribution in [3.05, 3.63) is 0 Å². The molecule has 0 aliphatic heterocycles. The van der Waals surface area contributed by atoms with Crippen LogP contribution in [0, 0.1) is 0 Å². The number of carbonyl (C=O) groups is 2. The molecule has 0 unspecified atom stereocenters. The van der Waals surface area contributed by atoms with Crippen LogP contribution in [0.3, 0.4) is 0 Å². The van der Waals surface area contributed by atoms with E-state index in [0.29, 0.717) is 12.2 Å². The first-order chi connectivity index (χ1) is 26.1. The largest absolute Gasteiger partial charge is 0.394 e. The summed E-state index contributed by atoms with van der Waals surface area (Å²) in [6.45, 7) is 4.62. The summed E-state index contributed by atoms with van der Waals surface area (Å²) in [6, 6.07) is -0.0782. The Labute approximate surface area is 333 Å². The Balaban J connectivity index is 3.39. The number of unbranched alkanes of at least 4 members (excludes halogenated alkanes) is 36. The fourth-order valence-corrected chi connectivity index (χ4v) is 7.93. The molecule has 1 amide bonds. The van der Waals surface area contributed by atoms with Crippen LogP contribution < -0.4 is 5.32 Å². The summed E-state index contributed by atoms with van der Waals surface area (Å²) >= 11 is 0. The highest BCUT2D eigenvalue weighted by Crippen LogP contribution is 2.17. The summed E-state index contributed by atoms with van der Waals surface area (Å²) in [4.78, 5) is 24.6. The van der Waals surface area contributed by atoms with E-state index in [2.05, 4.69) is 19.2 Å². The van der Waals surface area contributed by atoms with E-state index in [1.54, 1.807) is 0 Å². The van der Waals surface area contributed by atoms with E-state index >= 15 is 0 Å². The number of Topliss-reactive ketones (excluding diaryl/α,β-unsaturated/α-hetero) is 1. The number of nitrogens with one attached hydrogen (secondary N) is 1. The Morgan fingerprint density at radius 2 is 0.604 bits per heavy atom. The fourth-order valence-electron chi connectivity index (χ4n) is 7.93. The van der Waals surface area contributed by atoms with Gasteiger partial charge in [-0.3, -0.25) is 9.59 Å². The first-order valence-corrected chi connectivity index (χ1v) is 24.6. The summed E-state index contributed by atoms with van der Waals surface area (Å²) < 4.78 is 0. The quantitative estimate of drug-likeness (QED) is 0.0609. The number of rotatable bonds is 46. The molecule has 316 valence electrons. The first-order valence-electron chi connectivity index (χ1n) is 24.6. The molecule has 0 rings (SSSR count). The molecule has 0 aromatic carbocycles. The average molecular weight is 748 g/mol. The number of hydrogen-bond acceptors (Lipinski definition) is 3. The zero-order valence-corrected chi connectivity index (χ0v) is 36.5. The molecule has 53 heavy (non-hydrogen) atoms. The van der Waals surface area contributed by atoms with Crippen molar-refractivity contribution in [2.45, 2.75) is 296 Å². The van der Waals surface area contributed by atoms with E-state index < -0.39 is 0 Å². The van der Waals surface area contributed by atoms with E-state index in [1.165, 1.54) is 218 Å². The molecule has 0 aliphatic carbocycles. The molecule has 0 spiro atoms. The van der Waals surface area contributed by atoms with Gasteiger partial charge in [-0.15, -0.1) is 0 Å². The van der Waals surface area contributed by atoms with Crippen LogP contribution in [0.5, 0.6) is 0 Å². The van der Waals surface area contributed by atoms with Gasteiger partial charge in [0.2, 0.25) is 5.91 Å². The molecule has 0 radical (unpaired) electrons. The van der Waals surface area contributed by atoms with Crippen molar-refractivity contribution in [2.75, 3.05) is 6.61 Å². The van der Waals surface area contributed by atoms with Crippen LogP contribution >= 0.6 is 0 Å². The van der Waals surface area contributed by atoms with Crippen LogP contribution in [-0.4, -0.2) is 29.4 Å². The third kappa shape index (κ3) is 43.7. The lowest BCUT2D eigenvalue weighted by Gasteiger charge is -2.16. The normalized spacial score (nSPS) is 12.1. The molecule has 4 nitrogen and oxygen atoms in total. The maximum Gasteiger partial charge on any atom is 0.220 e. The monoisotopic (exact) mass is 748 g/mol. The maximum atomic E-state index is 12.4. The lowest BCUT2D eigenvalue weighted by Crippen LogP contribution is -2.37. The lowest BCUT2D eigenvalue weighted by atomic mass is 10.0. The molecule has 0 saturated carbocycles. The van der Waals surface area contributed by atoms with Crippen molar-refractivity contribution < 1.29 is 14.7 Å². The molecule has 1 atom stereocenters. The van der Waals surface area contributed by atoms with Gasteiger partial charge >= 0.3 is 0 Å². The van der Waals surface area contributed by atoms with E-state index in [0.717, 1.165) is 51.4 Å². The maximum absolute atomic E-state index is 12.4. The number of aliphatic hydroxyl groups is 1. The van der Waals surface area contributed by atoms with Crippen LogP contribution in [0.15, 0.2) is 0 Å². The minimum absolute atomic E-state index is 0.0509. The fraction of sp³-hybridized carbons (Fsp3) is 0.959. The van der Waals surface area contributed by atoms with Crippen molar-refractivity contribution in [1.82, 2.24) is 5.32 Å². The highest BCUT2D eigenvalue weighted by Gasteiger charge is 2.11. The van der Waals surface area contributed by atoms with E-state index in [9.17, 15) is 14.7 Å². The van der Waals surface area contributed by atoms with E-state index in [1.807, 2.05) is 0 Å². The molecule has 0 saturated heterocycles. The molecule has 0 aromatic heterocycles. The van der Waals surface area contributed by atoms with Crippen molar-refractivity contribution in [3.63, 3.8) is 0 Å². The number of carbonyl (C=O) groups excluding carboxylic acids is 2. The predicted octanol–water partition coefficient (Wildman–Crippen LogP) is 15.8. The third-order valence-corrected chi connectivity index (χ3v) is 11.7. The zero-order valence-electron chi connectivity index (χ0n) is 36.5. The lowest BCUT2D eigenvalue weighted by molar-refractivity contribution is -0.122. The summed E-state index contributed by atoms with van der Waals surface area (Å²) in [6.07, 6.45) is 54.6. The molecule has 0 aromatic rings. The van der Waals surface area contributed by atoms with Gasteiger partial charge in [-0.25, -0.2) is 0 Å². The molecule has 2 N–H and O–H groups in total. The Kier molecular flexibility index (Phi) is 44.7. The summed E-state index contributed by atoms with van der Waals surface area (Å²) in [7, 11) is 0. The van der Waals surface area contributed by atoms with Gasteiger partial charge in [0.1, 0.15) is 5.78 Å². The van der Waals surface area contributed by atoms with Crippen LogP contribution in [0.4, 0.5) is 0 Å². The minimum Gasteiger partial charge on any atom is -0.394 e. The van der Waals surface area contributed by atoms with Gasteiger partial charge in [-0.1, -0.05) is 245 Å². The van der Waals surface area contributed by atoms with Gasteiger partial charge in [0.15, 0.2) is 0 Å². The smallest absolute Gasteiger partial charge is 0.220 e. The number of aliphatic hydroxyl groups excluding tert-OH is 1. The topological polar surface area (TPSA) is 66.4 Å². The van der Waals surface area contributed by atoms with Crippen molar-refractivity contribution in [3.8, 4) is 0 Å². The molecule has 0 aliphatic rings. The molecule has 0 fully saturated rings. The van der Waals surface area contributed by atoms with Crippen LogP contribution in [-0.2, 0) is 9.59 Å². The Morgan fingerprint density at radius 3 is 0.887 bits per heavy atom. The zero-order chi connectivity index (χ0) is 38.6. The summed E-state index contributed by atoms with van der Waals surface area (Å²) in [5, 5.41) is 12.8. The number of ketones is 1. The average Bonchev–Trinajstić information content (AvgIpc) is 3.16. The second kappa shape index (κ2) is 45.5. The highest BCUT2D eigenvalue weighted by molar-refractivity contribution is 5.78. The van der Waals surface area contributed by atoms with Gasteiger partial charge in [0.05, 0.1) is 12.6 Å². The molecule has 0 bridgehead atoms. The van der Waals surface area contributed by atoms with Crippen LogP contribution in [0.2, 0.25) is 0 Å². The SMILES string of the molecule is CCCCCCCCCCCCCCCCCCCC(=O)CCCCCCCCCCC(=O)N[C@@H](CO)CCCCCCCCCCCCCCCC. The van der Waals surface area contributed by atoms with Gasteiger partial charge < -0.3 is 10.4 Å². The summed E-state index contributed by atoms with van der Waals surface area (Å²) in [5.74, 6) is 0.584. The Bertz CT molecular complexity index is 725. The van der Waals surface area contributed by atoms with Crippen LogP contribution in [0.1, 0.15) is 290 Å². The standard InChI is InChI=1S/C49H97NO3/c1-3-5-7-9-11-13-15-17-19-20-21-23-25-27-31-35-39-43-48(52)44-40-36-32-28-29-33-37-41-45-49(53)50-47(46-51)42-38-34-30-26-24-22-18-16-14-12-10-8-6-4-2/h47,51H,3-46H2,1-2H3,(H,50,53)/t47-/m1/s1. The Hall–Kier alpha value is -0.900. The van der Waals surface area contributed by atoms with E-state index in [-0.39, 0.29) is 18.6 Å². The molecular weight excluding hydrogens is 651 g/mol. The molecule has 4 heteroatoms. The highest BCUT2D eigenvalue weighted by atomic mass is 16.3. The molecule has 0 heterocycles. The third-order valence-electron chi connectivity index (χ3n) is 11.7. The van der Waals surface area contributed by atoms with E-state index in [4.69, 9.17) is 0 Å². The second-order valence-electron chi connectivity index (χ2n) is 17.1. The van der Waals surface area contributed by atoms with Crippen molar-refractivity contribution >= 4 is 11.7 Å². The Morgan fingerprint density at radius 1 is 0.358 bits per heavy atom. The molecular formula is C49H97NO3. The number of hydrogen-bond donors (Lipinski definition) is 2. The second-order valence-corrected chi connectivity index (χ2v) is 17.1. The van der Waals surface area contributed by atoms with Gasteiger partial charge in [0.25, 0.3) is 0 Å². The minimum atomic E-state index is -0.0782. The predicted molar refractivity (Wildman–Crippen MR) is 234 cm³/mol. The number of amides is 1. The van der Waals surface area contributed by atoms with Crippen molar-refractivity contribution in [1.29, 1.82) is 0 Å². The summed E-state index contributed by atoms with van der Waals surface area (Å²) in [5.41, 5.74) is 0. The van der Waals surface area contributed by atoms with Gasteiger partial charge in [-0.2, -0.15) is 0 Å².